The third kappa shape index (κ3) is 3.26. The van der Waals surface area contributed by atoms with Crippen LogP contribution in [0.1, 0.15) is 29.7 Å². The number of benzene rings is 1. The molecule has 6 nitrogen and oxygen atoms in total. The molecule has 1 saturated heterocycles. The number of hydrogen-bond donors (Lipinski definition) is 1. The van der Waals surface area contributed by atoms with Crippen molar-refractivity contribution in [2.24, 2.45) is 0 Å². The van der Waals surface area contributed by atoms with Gasteiger partial charge in [0.15, 0.2) is 0 Å². The molecule has 1 aromatic carbocycles. The van der Waals surface area contributed by atoms with E-state index in [1.807, 2.05) is 13.0 Å². The molecule has 4 rings (SSSR count). The highest BCUT2D eigenvalue weighted by molar-refractivity contribution is 7.89. The van der Waals surface area contributed by atoms with Crippen molar-refractivity contribution in [3.63, 3.8) is 0 Å². The summed E-state index contributed by atoms with van der Waals surface area (Å²) in [4.78, 5) is 11.4. The Hall–Kier alpha value is -1.99. The second-order valence-electron chi connectivity index (χ2n) is 6.85. The van der Waals surface area contributed by atoms with Crippen LogP contribution in [0.5, 0.6) is 0 Å². The Morgan fingerprint density at radius 1 is 1.24 bits per heavy atom. The van der Waals surface area contributed by atoms with Gasteiger partial charge in [0.25, 0.3) is 0 Å². The van der Waals surface area contributed by atoms with Gasteiger partial charge in [-0.25, -0.2) is 23.1 Å². The molecule has 2 aromatic rings. The molecule has 1 aliphatic carbocycles. The van der Waals surface area contributed by atoms with Crippen molar-refractivity contribution >= 4 is 15.8 Å². The van der Waals surface area contributed by atoms with E-state index in [1.165, 1.54) is 5.56 Å². The number of rotatable bonds is 4. The number of sulfonamides is 1. The molecular formula is C18H22N4O2S. The van der Waals surface area contributed by atoms with Gasteiger partial charge in [0.1, 0.15) is 12.1 Å². The van der Waals surface area contributed by atoms with E-state index < -0.39 is 10.0 Å². The second kappa shape index (κ2) is 6.38. The van der Waals surface area contributed by atoms with Crippen LogP contribution < -0.4 is 9.62 Å². The molecule has 0 bridgehead atoms. The van der Waals surface area contributed by atoms with Crippen LogP contribution in [0.3, 0.4) is 0 Å². The smallest absolute Gasteiger partial charge is 0.240 e. The van der Waals surface area contributed by atoms with Crippen LogP contribution in [0.4, 0.5) is 5.82 Å². The maximum atomic E-state index is 12.6. The summed E-state index contributed by atoms with van der Waals surface area (Å²) >= 11 is 0. The van der Waals surface area contributed by atoms with Crippen molar-refractivity contribution in [3.05, 3.63) is 47.4 Å². The van der Waals surface area contributed by atoms with Crippen molar-refractivity contribution < 1.29 is 8.42 Å². The number of nitrogens with zero attached hydrogens (tertiary/aromatic N) is 3. The minimum Gasteiger partial charge on any atom is -0.355 e. The van der Waals surface area contributed by atoms with Crippen LogP contribution >= 0.6 is 0 Å². The highest BCUT2D eigenvalue weighted by atomic mass is 32.2. The van der Waals surface area contributed by atoms with Crippen molar-refractivity contribution in [3.8, 4) is 0 Å². The number of nitrogens with one attached hydrogen (secondary N) is 1. The lowest BCUT2D eigenvalue weighted by molar-refractivity contribution is 0.561. The molecule has 1 N–H and O–H groups in total. The molecule has 132 valence electrons. The van der Waals surface area contributed by atoms with Gasteiger partial charge in [0.05, 0.1) is 4.90 Å². The molecule has 0 saturated carbocycles. The molecule has 0 unspecified atom stereocenters. The zero-order chi connectivity index (χ0) is 17.4. The van der Waals surface area contributed by atoms with Gasteiger partial charge < -0.3 is 4.90 Å². The van der Waals surface area contributed by atoms with Crippen LogP contribution in [-0.4, -0.2) is 37.5 Å². The summed E-state index contributed by atoms with van der Waals surface area (Å²) in [6, 6.07) is 6.91. The van der Waals surface area contributed by atoms with Gasteiger partial charge in [-0.1, -0.05) is 12.1 Å². The average molecular weight is 358 g/mol. The lowest BCUT2D eigenvalue weighted by Gasteiger charge is -2.20. The topological polar surface area (TPSA) is 75.2 Å². The zero-order valence-electron chi connectivity index (χ0n) is 14.3. The molecule has 0 amide bonds. The third-order valence-electron chi connectivity index (χ3n) is 4.96. The summed E-state index contributed by atoms with van der Waals surface area (Å²) in [7, 11) is -3.49. The maximum Gasteiger partial charge on any atom is 0.240 e. The van der Waals surface area contributed by atoms with Crippen LogP contribution in [0.2, 0.25) is 0 Å². The van der Waals surface area contributed by atoms with Gasteiger partial charge >= 0.3 is 0 Å². The third-order valence-corrected chi connectivity index (χ3v) is 6.48. The second-order valence-corrected chi connectivity index (χ2v) is 8.56. The van der Waals surface area contributed by atoms with Gasteiger partial charge in [-0.15, -0.1) is 0 Å². The van der Waals surface area contributed by atoms with Gasteiger partial charge in [0, 0.05) is 30.4 Å². The minimum absolute atomic E-state index is 0.0995. The monoisotopic (exact) mass is 358 g/mol. The van der Waals surface area contributed by atoms with Crippen molar-refractivity contribution in [2.45, 2.75) is 43.5 Å². The largest absolute Gasteiger partial charge is 0.355 e. The van der Waals surface area contributed by atoms with E-state index >= 15 is 0 Å². The SMILES string of the molecule is Cc1cccc(S(=O)(=O)N[C@H]2CCN(c3ncnc4c3CCC4)C2)c1. The number of aryl methyl sites for hydroxylation is 2. The van der Waals surface area contributed by atoms with E-state index in [-0.39, 0.29) is 6.04 Å². The number of fused-ring (bicyclic) bond motifs is 1. The van der Waals surface area contributed by atoms with E-state index in [4.69, 9.17) is 0 Å². The Morgan fingerprint density at radius 2 is 2.12 bits per heavy atom. The fourth-order valence-corrected chi connectivity index (χ4v) is 5.10. The minimum atomic E-state index is -3.49. The van der Waals surface area contributed by atoms with Crippen LogP contribution in [0.15, 0.2) is 35.5 Å². The first-order valence-corrected chi connectivity index (χ1v) is 10.2. The average Bonchev–Trinajstić information content (AvgIpc) is 3.23. The van der Waals surface area contributed by atoms with Crippen LogP contribution in [-0.2, 0) is 22.9 Å². The first-order valence-electron chi connectivity index (χ1n) is 8.69. The summed E-state index contributed by atoms with van der Waals surface area (Å²) in [6.45, 7) is 3.35. The molecule has 1 aromatic heterocycles. The number of anilines is 1. The van der Waals surface area contributed by atoms with Crippen molar-refractivity contribution in [1.82, 2.24) is 14.7 Å². The fraction of sp³-hybridized carbons (Fsp3) is 0.444. The predicted octanol–water partition coefficient (Wildman–Crippen LogP) is 1.83. The van der Waals surface area contributed by atoms with Gasteiger partial charge in [-0.2, -0.15) is 0 Å². The Balaban J connectivity index is 1.49. The van der Waals surface area contributed by atoms with Crippen LogP contribution in [0.25, 0.3) is 0 Å². The Labute approximate surface area is 148 Å². The fourth-order valence-electron chi connectivity index (χ4n) is 3.73. The molecule has 25 heavy (non-hydrogen) atoms. The first kappa shape index (κ1) is 16.5. The van der Waals surface area contributed by atoms with Gasteiger partial charge in [0.2, 0.25) is 10.0 Å². The van der Waals surface area contributed by atoms with Gasteiger partial charge in [-0.05, 0) is 50.3 Å². The van der Waals surface area contributed by atoms with Crippen molar-refractivity contribution in [2.75, 3.05) is 18.0 Å². The summed E-state index contributed by atoms with van der Waals surface area (Å²) in [5.41, 5.74) is 3.32. The Bertz CT molecular complexity index is 898. The Morgan fingerprint density at radius 3 is 2.96 bits per heavy atom. The first-order chi connectivity index (χ1) is 12.0. The zero-order valence-corrected chi connectivity index (χ0v) is 15.1. The highest BCUT2D eigenvalue weighted by Crippen LogP contribution is 2.30. The van der Waals surface area contributed by atoms with E-state index in [0.29, 0.717) is 11.4 Å². The molecule has 1 fully saturated rings. The van der Waals surface area contributed by atoms with E-state index in [0.717, 1.165) is 49.3 Å². The number of hydrogen-bond acceptors (Lipinski definition) is 5. The number of aromatic nitrogens is 2. The summed E-state index contributed by atoms with van der Waals surface area (Å²) in [5.74, 6) is 0.986. The quantitative estimate of drug-likeness (QED) is 0.902. The van der Waals surface area contributed by atoms with Crippen LogP contribution in [0, 0.1) is 6.92 Å². The summed E-state index contributed by atoms with van der Waals surface area (Å²) < 4.78 is 28.1. The predicted molar refractivity (Wildman–Crippen MR) is 96.2 cm³/mol. The van der Waals surface area contributed by atoms with E-state index in [9.17, 15) is 8.42 Å². The molecule has 0 spiro atoms. The molecule has 2 aliphatic rings. The molecule has 0 radical (unpaired) electrons. The summed E-state index contributed by atoms with van der Waals surface area (Å²) in [6.07, 6.45) is 5.57. The molecular weight excluding hydrogens is 336 g/mol. The molecule has 7 heteroatoms. The normalized spacial score (nSPS) is 20.0. The Kier molecular flexibility index (Phi) is 4.21. The van der Waals surface area contributed by atoms with E-state index in [2.05, 4.69) is 19.6 Å². The molecule has 2 heterocycles. The van der Waals surface area contributed by atoms with E-state index in [1.54, 1.807) is 24.5 Å². The van der Waals surface area contributed by atoms with Crippen molar-refractivity contribution in [1.29, 1.82) is 0 Å². The molecule has 1 aliphatic heterocycles. The highest BCUT2D eigenvalue weighted by Gasteiger charge is 2.30. The lowest BCUT2D eigenvalue weighted by Crippen LogP contribution is -2.37. The summed E-state index contributed by atoms with van der Waals surface area (Å²) in [5, 5.41) is 0. The van der Waals surface area contributed by atoms with Gasteiger partial charge in [-0.3, -0.25) is 0 Å². The lowest BCUT2D eigenvalue weighted by atomic mass is 10.2. The maximum absolute atomic E-state index is 12.6. The molecule has 1 atom stereocenters. The standard InChI is InChI=1S/C18H22N4O2S/c1-13-4-2-5-15(10-13)25(23,24)21-14-8-9-22(11-14)18-16-6-3-7-17(16)19-12-20-18/h2,4-5,10,12,14,21H,3,6-9,11H2,1H3/t14-/m0/s1.